The van der Waals surface area contributed by atoms with Crippen molar-refractivity contribution in [2.75, 3.05) is 27.0 Å². The largest absolute Gasteiger partial charge is 0.469 e. The van der Waals surface area contributed by atoms with Gasteiger partial charge in [-0.2, -0.15) is 0 Å². The van der Waals surface area contributed by atoms with E-state index in [9.17, 15) is 9.59 Å². The Bertz CT molecular complexity index is 206. The van der Waals surface area contributed by atoms with Gasteiger partial charge in [-0.3, -0.25) is 9.59 Å². The molecule has 0 heterocycles. The summed E-state index contributed by atoms with van der Waals surface area (Å²) >= 11 is 1.46. The molecule has 0 aliphatic heterocycles. The summed E-state index contributed by atoms with van der Waals surface area (Å²) in [6.07, 6.45) is 0.349. The summed E-state index contributed by atoms with van der Waals surface area (Å²) in [5, 5.41) is 0.117. The van der Waals surface area contributed by atoms with E-state index in [1.807, 2.05) is 6.92 Å². The Morgan fingerprint density at radius 2 is 2.00 bits per heavy atom. The zero-order chi connectivity index (χ0) is 11.1. The van der Waals surface area contributed by atoms with Gasteiger partial charge in [0.2, 0.25) is 5.91 Å². The average molecular weight is 219 g/mol. The smallest absolute Gasteiger partial charge is 0.306 e. The van der Waals surface area contributed by atoms with Crippen LogP contribution >= 0.6 is 11.8 Å². The van der Waals surface area contributed by atoms with Crippen molar-refractivity contribution in [1.82, 2.24) is 4.90 Å². The lowest BCUT2D eigenvalue weighted by molar-refractivity contribution is -0.140. The van der Waals surface area contributed by atoms with Gasteiger partial charge >= 0.3 is 5.97 Å². The molecule has 0 aromatic carbocycles. The van der Waals surface area contributed by atoms with Crippen LogP contribution in [0.1, 0.15) is 13.3 Å². The van der Waals surface area contributed by atoms with Crippen molar-refractivity contribution in [2.45, 2.75) is 18.6 Å². The fraction of sp³-hybridized carbons (Fsp3) is 0.778. The monoisotopic (exact) mass is 219 g/mol. The van der Waals surface area contributed by atoms with Crippen molar-refractivity contribution in [1.29, 1.82) is 0 Å². The Morgan fingerprint density at radius 3 is 2.43 bits per heavy atom. The summed E-state index contributed by atoms with van der Waals surface area (Å²) < 4.78 is 4.53. The molecule has 1 amide bonds. The van der Waals surface area contributed by atoms with Crippen LogP contribution in [0.2, 0.25) is 0 Å². The summed E-state index contributed by atoms with van der Waals surface area (Å²) in [6.45, 7) is 1.91. The predicted octanol–water partition coefficient (Wildman–Crippen LogP) is 0.759. The molecule has 0 aromatic heterocycles. The molecule has 0 rings (SSSR count). The number of carbonyl (C=O) groups is 2. The second-order valence-electron chi connectivity index (χ2n) is 3.19. The minimum Gasteiger partial charge on any atom is -0.469 e. The lowest BCUT2D eigenvalue weighted by atomic mass is 10.3. The number of carbonyl (C=O) groups excluding carboxylic acids is 2. The van der Waals surface area contributed by atoms with Gasteiger partial charge in [0.25, 0.3) is 0 Å². The third-order valence-corrected chi connectivity index (χ3v) is 2.82. The Kier molecular flexibility index (Phi) is 6.36. The Hall–Kier alpha value is -0.710. The van der Waals surface area contributed by atoms with Crippen LogP contribution in [0.15, 0.2) is 0 Å². The van der Waals surface area contributed by atoms with E-state index >= 15 is 0 Å². The van der Waals surface area contributed by atoms with E-state index in [0.29, 0.717) is 12.2 Å². The number of hydrogen-bond donors (Lipinski definition) is 0. The highest BCUT2D eigenvalue weighted by Crippen LogP contribution is 2.14. The number of esters is 1. The maximum absolute atomic E-state index is 11.2. The van der Waals surface area contributed by atoms with Crippen LogP contribution in [0.5, 0.6) is 0 Å². The molecule has 0 aromatic rings. The summed E-state index contributed by atoms with van der Waals surface area (Å²) in [7, 11) is 4.80. The van der Waals surface area contributed by atoms with E-state index < -0.39 is 0 Å². The molecule has 1 unspecified atom stereocenters. The third kappa shape index (κ3) is 5.85. The first kappa shape index (κ1) is 13.3. The van der Waals surface area contributed by atoms with Crippen LogP contribution in [0.4, 0.5) is 0 Å². The molecule has 1 atom stereocenters. The molecule has 0 saturated heterocycles. The van der Waals surface area contributed by atoms with Gasteiger partial charge in [-0.15, -0.1) is 11.8 Å². The normalized spacial score (nSPS) is 12.0. The van der Waals surface area contributed by atoms with E-state index in [2.05, 4.69) is 4.74 Å². The van der Waals surface area contributed by atoms with Crippen molar-refractivity contribution >= 4 is 23.6 Å². The molecule has 0 fully saturated rings. The van der Waals surface area contributed by atoms with Crippen LogP contribution < -0.4 is 0 Å². The molecule has 0 N–H and O–H groups in total. The topological polar surface area (TPSA) is 46.6 Å². The Morgan fingerprint density at radius 1 is 1.43 bits per heavy atom. The zero-order valence-corrected chi connectivity index (χ0v) is 9.89. The predicted molar refractivity (Wildman–Crippen MR) is 57.2 cm³/mol. The first-order valence-corrected chi connectivity index (χ1v) is 5.40. The molecule has 0 radical (unpaired) electrons. The van der Waals surface area contributed by atoms with Crippen molar-refractivity contribution in [2.24, 2.45) is 0 Å². The molecule has 82 valence electrons. The summed E-state index contributed by atoms with van der Waals surface area (Å²) in [5.74, 6) is 0.236. The van der Waals surface area contributed by atoms with Crippen LogP contribution in [0.25, 0.3) is 0 Å². The minimum absolute atomic E-state index is 0.0618. The number of nitrogens with zero attached hydrogens (tertiary/aromatic N) is 1. The number of rotatable bonds is 5. The summed E-state index contributed by atoms with van der Waals surface area (Å²) in [4.78, 5) is 23.6. The number of thioether (sulfide) groups is 1. The number of amides is 1. The van der Waals surface area contributed by atoms with Crippen LogP contribution in [0.3, 0.4) is 0 Å². The van der Waals surface area contributed by atoms with Gasteiger partial charge in [0.1, 0.15) is 0 Å². The first-order valence-electron chi connectivity index (χ1n) is 4.36. The first-order chi connectivity index (χ1) is 6.47. The number of ether oxygens (including phenoxy) is 1. The SMILES string of the molecule is COC(=O)CC(C)SCC(=O)N(C)C. The number of hydrogen-bond acceptors (Lipinski definition) is 4. The average Bonchev–Trinajstić information content (AvgIpc) is 2.13. The summed E-state index contributed by atoms with van der Waals surface area (Å²) in [5.41, 5.74) is 0. The van der Waals surface area contributed by atoms with E-state index in [0.717, 1.165) is 0 Å². The highest BCUT2D eigenvalue weighted by molar-refractivity contribution is 8.00. The molecule has 14 heavy (non-hydrogen) atoms. The van der Waals surface area contributed by atoms with Crippen LogP contribution in [-0.4, -0.2) is 49.0 Å². The molecule has 4 nitrogen and oxygen atoms in total. The van der Waals surface area contributed by atoms with Gasteiger partial charge in [-0.25, -0.2) is 0 Å². The standard InChI is InChI=1S/C9H17NO3S/c1-7(5-9(12)13-4)14-6-8(11)10(2)3/h7H,5-6H2,1-4H3. The minimum atomic E-state index is -0.234. The molecular formula is C9H17NO3S. The Balaban J connectivity index is 3.68. The van der Waals surface area contributed by atoms with Crippen LogP contribution in [0, 0.1) is 0 Å². The van der Waals surface area contributed by atoms with Gasteiger partial charge in [0, 0.05) is 19.3 Å². The van der Waals surface area contributed by atoms with E-state index in [1.54, 1.807) is 14.1 Å². The van der Waals surface area contributed by atoms with Gasteiger partial charge in [-0.05, 0) is 0 Å². The molecule has 0 aliphatic carbocycles. The molecule has 5 heteroatoms. The van der Waals surface area contributed by atoms with E-state index in [4.69, 9.17) is 0 Å². The lowest BCUT2D eigenvalue weighted by Gasteiger charge is -2.12. The van der Waals surface area contributed by atoms with E-state index in [-0.39, 0.29) is 17.1 Å². The van der Waals surface area contributed by atoms with Crippen molar-refractivity contribution in [3.05, 3.63) is 0 Å². The van der Waals surface area contributed by atoms with Gasteiger partial charge < -0.3 is 9.64 Å². The quantitative estimate of drug-likeness (QED) is 0.640. The highest BCUT2D eigenvalue weighted by atomic mass is 32.2. The van der Waals surface area contributed by atoms with Gasteiger partial charge in [0.15, 0.2) is 0 Å². The van der Waals surface area contributed by atoms with Crippen LogP contribution in [-0.2, 0) is 14.3 Å². The Labute approximate surface area is 89.0 Å². The summed E-state index contributed by atoms with van der Waals surface area (Å²) in [6, 6.07) is 0. The van der Waals surface area contributed by atoms with Crippen molar-refractivity contribution in [3.63, 3.8) is 0 Å². The maximum atomic E-state index is 11.2. The lowest BCUT2D eigenvalue weighted by Crippen LogP contribution is -2.24. The van der Waals surface area contributed by atoms with Crippen molar-refractivity contribution < 1.29 is 14.3 Å². The maximum Gasteiger partial charge on any atom is 0.306 e. The van der Waals surface area contributed by atoms with Crippen molar-refractivity contribution in [3.8, 4) is 0 Å². The molecule has 0 bridgehead atoms. The number of methoxy groups -OCH3 is 1. The third-order valence-electron chi connectivity index (χ3n) is 1.67. The second kappa shape index (κ2) is 6.70. The molecule has 0 aliphatic rings. The fourth-order valence-corrected chi connectivity index (χ4v) is 1.66. The van der Waals surface area contributed by atoms with Gasteiger partial charge in [-0.1, -0.05) is 6.92 Å². The molecule has 0 saturated carbocycles. The fourth-order valence-electron chi connectivity index (χ4n) is 0.720. The van der Waals surface area contributed by atoms with E-state index in [1.165, 1.54) is 23.8 Å². The second-order valence-corrected chi connectivity index (χ2v) is 4.62. The highest BCUT2D eigenvalue weighted by Gasteiger charge is 2.12. The van der Waals surface area contributed by atoms with Gasteiger partial charge in [0.05, 0.1) is 19.3 Å². The molecular weight excluding hydrogens is 202 g/mol. The molecule has 0 spiro atoms. The zero-order valence-electron chi connectivity index (χ0n) is 9.07.